The standard InChI is InChI=1S/C24H25ClF2N2O4/c1-32-18-5-13(4-16(26)8-18)11-28-24(31)19-10-22(15-6-14(19)7-15)29-23(30)12-33-17-2-3-20(25)21(27)9-17/h2-5,8-9,14-15,19,22H,6-7,10-12H2,1H3,(H,28,31)(H,29,30)/t14?,15?,19-,22+/m1/s1. The third-order valence-corrected chi connectivity index (χ3v) is 6.74. The van der Waals surface area contributed by atoms with Crippen LogP contribution in [0.2, 0.25) is 5.02 Å². The topological polar surface area (TPSA) is 76.7 Å². The van der Waals surface area contributed by atoms with E-state index >= 15 is 0 Å². The Kier molecular flexibility index (Phi) is 7.02. The summed E-state index contributed by atoms with van der Waals surface area (Å²) in [5, 5.41) is 5.82. The number of benzene rings is 2. The first-order valence-corrected chi connectivity index (χ1v) is 11.2. The molecule has 176 valence electrons. The first kappa shape index (κ1) is 23.3. The van der Waals surface area contributed by atoms with Crippen molar-refractivity contribution in [2.24, 2.45) is 17.8 Å². The van der Waals surface area contributed by atoms with Crippen LogP contribution in [0.1, 0.15) is 24.8 Å². The Hall–Kier alpha value is -2.87. The molecule has 2 atom stereocenters. The van der Waals surface area contributed by atoms with E-state index in [-0.39, 0.29) is 47.7 Å². The number of amides is 2. The molecule has 2 aromatic carbocycles. The molecule has 2 amide bonds. The minimum absolute atomic E-state index is 0.0191. The van der Waals surface area contributed by atoms with Crippen LogP contribution in [0.5, 0.6) is 11.5 Å². The van der Waals surface area contributed by atoms with Gasteiger partial charge in [0.15, 0.2) is 6.61 Å². The van der Waals surface area contributed by atoms with Gasteiger partial charge < -0.3 is 20.1 Å². The van der Waals surface area contributed by atoms with Gasteiger partial charge in [-0.3, -0.25) is 9.59 Å². The Bertz CT molecular complexity index is 1050. The van der Waals surface area contributed by atoms with Crippen LogP contribution in [0.25, 0.3) is 0 Å². The molecule has 0 radical (unpaired) electrons. The van der Waals surface area contributed by atoms with Crippen molar-refractivity contribution in [1.82, 2.24) is 10.6 Å². The van der Waals surface area contributed by atoms with Crippen LogP contribution in [0.15, 0.2) is 36.4 Å². The molecular formula is C24H25ClF2N2O4. The lowest BCUT2D eigenvalue weighted by atomic mass is 9.57. The summed E-state index contributed by atoms with van der Waals surface area (Å²) < 4.78 is 37.6. The predicted octanol–water partition coefficient (Wildman–Crippen LogP) is 3.85. The second-order valence-corrected chi connectivity index (χ2v) is 9.00. The summed E-state index contributed by atoms with van der Waals surface area (Å²) in [7, 11) is 1.46. The lowest BCUT2D eigenvalue weighted by molar-refractivity contribution is -0.136. The Morgan fingerprint density at radius 2 is 1.85 bits per heavy atom. The molecule has 9 heteroatoms. The first-order chi connectivity index (χ1) is 15.8. The van der Waals surface area contributed by atoms with Gasteiger partial charge in [-0.15, -0.1) is 0 Å². The van der Waals surface area contributed by atoms with Gasteiger partial charge in [0.05, 0.1) is 12.1 Å². The number of halogens is 3. The molecule has 2 N–H and O–H groups in total. The van der Waals surface area contributed by atoms with E-state index in [2.05, 4.69) is 10.6 Å². The van der Waals surface area contributed by atoms with E-state index in [0.717, 1.165) is 18.9 Å². The van der Waals surface area contributed by atoms with Crippen LogP contribution < -0.4 is 20.1 Å². The fourth-order valence-electron chi connectivity index (χ4n) is 4.65. The largest absolute Gasteiger partial charge is 0.497 e. The summed E-state index contributed by atoms with van der Waals surface area (Å²) >= 11 is 5.64. The van der Waals surface area contributed by atoms with E-state index < -0.39 is 11.6 Å². The van der Waals surface area contributed by atoms with Gasteiger partial charge in [0.25, 0.3) is 5.91 Å². The first-order valence-electron chi connectivity index (χ1n) is 10.8. The van der Waals surface area contributed by atoms with Gasteiger partial charge in [-0.1, -0.05) is 11.6 Å². The van der Waals surface area contributed by atoms with Crippen LogP contribution in [0.3, 0.4) is 0 Å². The molecule has 3 fully saturated rings. The van der Waals surface area contributed by atoms with Gasteiger partial charge in [-0.2, -0.15) is 0 Å². The minimum Gasteiger partial charge on any atom is -0.497 e. The summed E-state index contributed by atoms with van der Waals surface area (Å²) in [6, 6.07) is 8.17. The molecule has 3 saturated carbocycles. The molecule has 0 aromatic heterocycles. The van der Waals surface area contributed by atoms with Gasteiger partial charge in [-0.25, -0.2) is 8.78 Å². The maximum atomic E-state index is 13.7. The van der Waals surface area contributed by atoms with Crippen molar-refractivity contribution in [2.45, 2.75) is 31.8 Å². The molecule has 0 unspecified atom stereocenters. The molecular weight excluding hydrogens is 454 g/mol. The predicted molar refractivity (Wildman–Crippen MR) is 118 cm³/mol. The van der Waals surface area contributed by atoms with Gasteiger partial charge in [-0.05, 0) is 60.9 Å². The maximum absolute atomic E-state index is 13.7. The van der Waals surface area contributed by atoms with E-state index in [1.165, 1.54) is 31.4 Å². The van der Waals surface area contributed by atoms with Crippen LogP contribution in [-0.4, -0.2) is 31.6 Å². The third-order valence-electron chi connectivity index (χ3n) is 6.43. The maximum Gasteiger partial charge on any atom is 0.258 e. The average Bonchev–Trinajstić information content (AvgIpc) is 2.77. The highest BCUT2D eigenvalue weighted by molar-refractivity contribution is 6.30. The molecule has 2 aromatic rings. The van der Waals surface area contributed by atoms with E-state index in [1.54, 1.807) is 6.07 Å². The second-order valence-electron chi connectivity index (χ2n) is 8.59. The van der Waals surface area contributed by atoms with Crippen LogP contribution in [0.4, 0.5) is 8.78 Å². The van der Waals surface area contributed by atoms with Crippen LogP contribution >= 0.6 is 11.6 Å². The number of ether oxygens (including phenoxy) is 2. The molecule has 0 heterocycles. The number of rotatable bonds is 8. The molecule has 33 heavy (non-hydrogen) atoms. The zero-order valence-corrected chi connectivity index (χ0v) is 18.8. The molecule has 0 saturated heterocycles. The van der Waals surface area contributed by atoms with Crippen molar-refractivity contribution >= 4 is 23.4 Å². The fraction of sp³-hybridized carbons (Fsp3) is 0.417. The van der Waals surface area contributed by atoms with Crippen LogP contribution in [-0.2, 0) is 16.1 Å². The smallest absolute Gasteiger partial charge is 0.258 e. The van der Waals surface area contributed by atoms with Crippen LogP contribution in [0, 0.1) is 29.4 Å². The molecule has 5 rings (SSSR count). The van der Waals surface area contributed by atoms with Crippen molar-refractivity contribution in [3.8, 4) is 11.5 Å². The Balaban J connectivity index is 1.28. The Labute approximate surface area is 195 Å². The van der Waals surface area contributed by atoms with Crippen molar-refractivity contribution in [2.75, 3.05) is 13.7 Å². The number of fused-ring (bicyclic) bond motifs is 2. The number of hydrogen-bond donors (Lipinski definition) is 2. The molecule has 2 bridgehead atoms. The van der Waals surface area contributed by atoms with Gasteiger partial charge >= 0.3 is 0 Å². The Morgan fingerprint density at radius 1 is 1.06 bits per heavy atom. The van der Waals surface area contributed by atoms with Gasteiger partial charge in [0, 0.05) is 30.6 Å². The minimum atomic E-state index is -0.618. The number of hydrogen-bond acceptors (Lipinski definition) is 4. The zero-order valence-electron chi connectivity index (χ0n) is 18.1. The summed E-state index contributed by atoms with van der Waals surface area (Å²) in [4.78, 5) is 25.2. The van der Waals surface area contributed by atoms with Crippen molar-refractivity contribution in [1.29, 1.82) is 0 Å². The summed E-state index contributed by atoms with van der Waals surface area (Å²) in [6.45, 7) is -0.0614. The van der Waals surface area contributed by atoms with Crippen molar-refractivity contribution in [3.63, 3.8) is 0 Å². The highest BCUT2D eigenvalue weighted by atomic mass is 35.5. The lowest BCUT2D eigenvalue weighted by Gasteiger charge is -2.50. The Morgan fingerprint density at radius 3 is 2.58 bits per heavy atom. The third kappa shape index (κ3) is 5.55. The average molecular weight is 479 g/mol. The summed E-state index contributed by atoms with van der Waals surface area (Å²) in [5.74, 6) is -0.461. The number of carbonyl (C=O) groups is 2. The quantitative estimate of drug-likeness (QED) is 0.604. The molecule has 6 nitrogen and oxygen atoms in total. The lowest BCUT2D eigenvalue weighted by Crippen LogP contribution is -2.56. The highest BCUT2D eigenvalue weighted by Gasteiger charge is 2.48. The summed E-state index contributed by atoms with van der Waals surface area (Å²) in [6.07, 6.45) is 2.29. The SMILES string of the molecule is COc1cc(F)cc(CNC(=O)[C@@H]2C[C@H](NC(=O)COc3ccc(Cl)c(F)c3)C3CC2C3)c1. The highest BCUT2D eigenvalue weighted by Crippen LogP contribution is 2.49. The zero-order chi connectivity index (χ0) is 23.5. The van der Waals surface area contributed by atoms with E-state index in [4.69, 9.17) is 21.1 Å². The normalized spacial score (nSPS) is 23.3. The van der Waals surface area contributed by atoms with Gasteiger partial charge in [0.2, 0.25) is 5.91 Å². The second kappa shape index (κ2) is 9.95. The van der Waals surface area contributed by atoms with Gasteiger partial charge in [0.1, 0.15) is 23.1 Å². The molecule has 0 spiro atoms. The van der Waals surface area contributed by atoms with E-state index in [1.807, 2.05) is 0 Å². The van der Waals surface area contributed by atoms with Crippen molar-refractivity contribution in [3.05, 3.63) is 58.6 Å². The molecule has 3 aliphatic carbocycles. The number of carbonyl (C=O) groups excluding carboxylic acids is 2. The molecule has 0 aliphatic heterocycles. The number of nitrogens with one attached hydrogen (secondary N) is 2. The van der Waals surface area contributed by atoms with E-state index in [9.17, 15) is 18.4 Å². The number of methoxy groups -OCH3 is 1. The monoisotopic (exact) mass is 478 g/mol. The van der Waals surface area contributed by atoms with E-state index in [0.29, 0.717) is 29.6 Å². The summed E-state index contributed by atoms with van der Waals surface area (Å²) in [5.41, 5.74) is 0.614. The fourth-order valence-corrected chi connectivity index (χ4v) is 4.76. The van der Waals surface area contributed by atoms with Crippen molar-refractivity contribution < 1.29 is 27.8 Å². The molecule has 3 aliphatic rings.